The van der Waals surface area contributed by atoms with Crippen LogP contribution in [0.2, 0.25) is 0 Å². The van der Waals surface area contributed by atoms with Crippen molar-refractivity contribution < 1.29 is 0 Å². The van der Waals surface area contributed by atoms with E-state index < -0.39 is 0 Å². The first kappa shape index (κ1) is 38.7. The van der Waals surface area contributed by atoms with E-state index in [1.165, 1.54) is 95.0 Å². The molecule has 2 aliphatic carbocycles. The molecule has 0 saturated carbocycles. The molecule has 0 unspecified atom stereocenters. The van der Waals surface area contributed by atoms with Crippen molar-refractivity contribution in [2.75, 3.05) is 4.90 Å². The number of anilines is 3. The summed E-state index contributed by atoms with van der Waals surface area (Å²) in [6.45, 7) is 4.79. The molecule has 2 nitrogen and oxygen atoms in total. The highest BCUT2D eigenvalue weighted by Gasteiger charge is 2.38. The van der Waals surface area contributed by atoms with Gasteiger partial charge in [-0.3, -0.25) is 0 Å². The number of benzene rings is 9. The molecular weight excluding hydrogens is 785 g/mol. The maximum Gasteiger partial charge on any atom is 0.0619 e. The van der Waals surface area contributed by atoms with E-state index in [4.69, 9.17) is 0 Å². The minimum atomic E-state index is -0.167. The normalized spacial score (nSPS) is 13.1. The summed E-state index contributed by atoms with van der Waals surface area (Å²) < 4.78 is 2.59. The van der Waals surface area contributed by atoms with Crippen molar-refractivity contribution in [2.45, 2.75) is 32.1 Å². The molecule has 0 amide bonds. The maximum atomic E-state index is 2.59. The molecule has 0 saturated heterocycles. The van der Waals surface area contributed by atoms with E-state index in [1.54, 1.807) is 0 Å². The number of hydrogen-bond donors (Lipinski definition) is 0. The number of nitrogens with zero attached hydrogens (tertiary/aromatic N) is 2. The molecule has 0 fully saturated rings. The van der Waals surface area contributed by atoms with Crippen molar-refractivity contribution in [3.05, 3.63) is 253 Å². The van der Waals surface area contributed by atoms with Gasteiger partial charge in [0.15, 0.2) is 0 Å². The zero-order valence-corrected chi connectivity index (χ0v) is 36.7. The van der Waals surface area contributed by atoms with Crippen molar-refractivity contribution in [1.29, 1.82) is 0 Å². The van der Waals surface area contributed by atoms with Gasteiger partial charge in [-0.05, 0) is 123 Å². The first-order chi connectivity index (χ1) is 32.0. The van der Waals surface area contributed by atoms with Crippen molar-refractivity contribution in [2.24, 2.45) is 0 Å². The third kappa shape index (κ3) is 6.56. The Morgan fingerprint density at radius 3 is 1.28 bits per heavy atom. The summed E-state index contributed by atoms with van der Waals surface area (Å²) >= 11 is 0. The highest BCUT2D eigenvalue weighted by Crippen LogP contribution is 2.55. The van der Waals surface area contributed by atoms with Crippen LogP contribution in [0.25, 0.3) is 72.7 Å². The van der Waals surface area contributed by atoms with Crippen molar-refractivity contribution in [3.63, 3.8) is 0 Å². The largest absolute Gasteiger partial charge is 0.311 e. The van der Waals surface area contributed by atoms with Gasteiger partial charge < -0.3 is 9.47 Å². The fourth-order valence-electron chi connectivity index (χ4n) is 10.7. The van der Waals surface area contributed by atoms with Crippen LogP contribution in [0.4, 0.5) is 17.1 Å². The van der Waals surface area contributed by atoms with Crippen LogP contribution in [-0.4, -0.2) is 4.57 Å². The lowest BCUT2D eigenvalue weighted by Gasteiger charge is -2.29. The molecule has 0 bridgehead atoms. The highest BCUT2D eigenvalue weighted by molar-refractivity contribution is 5.97. The van der Waals surface area contributed by atoms with Gasteiger partial charge in [0.1, 0.15) is 0 Å². The van der Waals surface area contributed by atoms with E-state index in [0.29, 0.717) is 0 Å². The third-order valence-electron chi connectivity index (χ3n) is 14.0. The Bertz CT molecular complexity index is 3260. The molecule has 0 N–H and O–H groups in total. The standard InChI is InChI=1S/C63H48N2/c1-63(2)58-23-13-11-21-55(58)60-57-42-33-49-19-9-10-20-54(49)61(57)65(62(60)56-22-12-14-24-59(56)63)53-40-31-48(32-41-53)47-29-38-52(39-30-47)64(50-34-25-45(26-35-50)43-15-5-3-6-16-43)51-36-27-46(28-37-51)44-17-7-4-8-18-44/h3-32,34-41H,33,42H2,1-2H3. The van der Waals surface area contributed by atoms with Gasteiger partial charge in [0.2, 0.25) is 0 Å². The fraction of sp³-hybridized carbons (Fsp3) is 0.0794. The second-order valence-corrected chi connectivity index (χ2v) is 18.0. The molecule has 0 spiro atoms. The Labute approximate surface area is 382 Å². The fourth-order valence-corrected chi connectivity index (χ4v) is 10.7. The van der Waals surface area contributed by atoms with Crippen LogP contribution in [0.3, 0.4) is 0 Å². The van der Waals surface area contributed by atoms with Crippen LogP contribution in [0, 0.1) is 0 Å². The maximum absolute atomic E-state index is 2.59. The number of rotatable bonds is 7. The third-order valence-corrected chi connectivity index (χ3v) is 14.0. The smallest absolute Gasteiger partial charge is 0.0619 e. The number of aryl methyl sites for hydroxylation is 1. The van der Waals surface area contributed by atoms with Crippen molar-refractivity contribution in [1.82, 2.24) is 4.57 Å². The summed E-state index contributed by atoms with van der Waals surface area (Å²) in [5.41, 5.74) is 25.1. The topological polar surface area (TPSA) is 8.17 Å². The van der Waals surface area contributed by atoms with Crippen LogP contribution < -0.4 is 4.90 Å². The van der Waals surface area contributed by atoms with Gasteiger partial charge in [-0.2, -0.15) is 0 Å². The summed E-state index contributed by atoms with van der Waals surface area (Å²) in [6.07, 6.45) is 2.05. The Kier molecular flexibility index (Phi) is 9.35. The Hall–Kier alpha value is -7.94. The van der Waals surface area contributed by atoms with Gasteiger partial charge in [0.25, 0.3) is 0 Å². The highest BCUT2D eigenvalue weighted by atomic mass is 15.1. The van der Waals surface area contributed by atoms with Gasteiger partial charge in [0, 0.05) is 44.9 Å². The minimum Gasteiger partial charge on any atom is -0.311 e. The first-order valence-corrected chi connectivity index (χ1v) is 22.9. The van der Waals surface area contributed by atoms with E-state index in [1.807, 2.05) is 0 Å². The second-order valence-electron chi connectivity index (χ2n) is 18.0. The summed E-state index contributed by atoms with van der Waals surface area (Å²) in [5, 5.41) is 0. The molecule has 2 heteroatoms. The van der Waals surface area contributed by atoms with E-state index >= 15 is 0 Å². The molecule has 2 aliphatic rings. The monoisotopic (exact) mass is 832 g/mol. The predicted molar refractivity (Wildman–Crippen MR) is 273 cm³/mol. The molecular formula is C63H48N2. The van der Waals surface area contributed by atoms with Gasteiger partial charge >= 0.3 is 0 Å². The Morgan fingerprint density at radius 2 is 0.754 bits per heavy atom. The van der Waals surface area contributed by atoms with Gasteiger partial charge in [-0.1, -0.05) is 196 Å². The van der Waals surface area contributed by atoms with E-state index in [0.717, 1.165) is 29.9 Å². The van der Waals surface area contributed by atoms with Gasteiger partial charge in [-0.15, -0.1) is 0 Å². The molecule has 1 heterocycles. The summed E-state index contributed by atoms with van der Waals surface area (Å²) in [4.78, 5) is 2.35. The molecule has 310 valence electrons. The SMILES string of the molecule is CC1(C)c2ccccc2-c2c3c(n(-c4ccc(-c5ccc(N(c6ccc(-c7ccccc7)cc6)c6ccc(-c7ccccc7)cc6)cc5)cc4)c2-c2ccccc21)-c1ccccc1CC3. The Morgan fingerprint density at radius 1 is 0.354 bits per heavy atom. The summed E-state index contributed by atoms with van der Waals surface area (Å²) in [5.74, 6) is 0. The van der Waals surface area contributed by atoms with E-state index in [-0.39, 0.29) is 5.41 Å². The zero-order valence-electron chi connectivity index (χ0n) is 36.7. The van der Waals surface area contributed by atoms with Gasteiger partial charge in [-0.25, -0.2) is 0 Å². The van der Waals surface area contributed by atoms with Crippen LogP contribution in [0.15, 0.2) is 231 Å². The predicted octanol–water partition coefficient (Wildman–Crippen LogP) is 16.7. The lowest BCUT2D eigenvalue weighted by Crippen LogP contribution is -2.20. The Balaban J connectivity index is 0.947. The van der Waals surface area contributed by atoms with Crippen LogP contribution in [0.5, 0.6) is 0 Å². The molecule has 12 rings (SSSR count). The van der Waals surface area contributed by atoms with Gasteiger partial charge in [0.05, 0.1) is 11.4 Å². The first-order valence-electron chi connectivity index (χ1n) is 22.9. The molecule has 9 aromatic carbocycles. The average molecular weight is 833 g/mol. The number of aromatic nitrogens is 1. The number of hydrogen-bond acceptors (Lipinski definition) is 1. The van der Waals surface area contributed by atoms with Crippen molar-refractivity contribution >= 4 is 17.1 Å². The lowest BCUT2D eigenvalue weighted by molar-refractivity contribution is 0.646. The molecule has 0 atom stereocenters. The molecule has 10 aromatic rings. The average Bonchev–Trinajstić information content (AvgIpc) is 3.70. The number of fused-ring (bicyclic) bond motifs is 9. The summed E-state index contributed by atoms with van der Waals surface area (Å²) in [7, 11) is 0. The van der Waals surface area contributed by atoms with Crippen LogP contribution in [0.1, 0.15) is 36.1 Å². The van der Waals surface area contributed by atoms with E-state index in [2.05, 4.69) is 254 Å². The molecule has 0 aliphatic heterocycles. The van der Waals surface area contributed by atoms with Crippen molar-refractivity contribution in [3.8, 4) is 72.7 Å². The molecule has 1 aromatic heterocycles. The molecule has 65 heavy (non-hydrogen) atoms. The molecule has 0 radical (unpaired) electrons. The van der Waals surface area contributed by atoms with E-state index in [9.17, 15) is 0 Å². The quantitative estimate of drug-likeness (QED) is 0.155. The van der Waals surface area contributed by atoms with Crippen LogP contribution >= 0.6 is 0 Å². The van der Waals surface area contributed by atoms with Crippen LogP contribution in [-0.2, 0) is 18.3 Å². The lowest BCUT2D eigenvalue weighted by atomic mass is 9.75. The minimum absolute atomic E-state index is 0.167. The zero-order chi connectivity index (χ0) is 43.5. The second kappa shape index (κ2) is 15.7. The summed E-state index contributed by atoms with van der Waals surface area (Å²) in [6, 6.07) is 84.7.